The summed E-state index contributed by atoms with van der Waals surface area (Å²) in [6.07, 6.45) is 2.01. The Hall–Kier alpha value is -1.58. The number of hydrogen-bond acceptors (Lipinski definition) is 4. The Balaban J connectivity index is 2.43. The van der Waals surface area contributed by atoms with Crippen LogP contribution in [0.1, 0.15) is 27.2 Å². The molecule has 1 heterocycles. The number of rotatable bonds is 1. The number of carbonyl (C=O) groups is 2. The van der Waals surface area contributed by atoms with Crippen LogP contribution in [-0.4, -0.2) is 23.0 Å². The Labute approximate surface area is 100 Å². The zero-order valence-electron chi connectivity index (χ0n) is 10.3. The fourth-order valence-electron chi connectivity index (χ4n) is 2.41. The van der Waals surface area contributed by atoms with Gasteiger partial charge in [-0.25, -0.2) is 0 Å². The van der Waals surface area contributed by atoms with E-state index in [1.165, 1.54) is 6.92 Å². The van der Waals surface area contributed by atoms with E-state index >= 15 is 0 Å². The van der Waals surface area contributed by atoms with Crippen LogP contribution >= 0.6 is 0 Å². The highest BCUT2D eigenvalue weighted by atomic mass is 16.1. The molecule has 0 amide bonds. The molecule has 1 aliphatic heterocycles. The summed E-state index contributed by atoms with van der Waals surface area (Å²) < 4.78 is 0. The molecular weight excluding hydrogens is 216 g/mol. The van der Waals surface area contributed by atoms with Crippen LogP contribution in [0.5, 0.6) is 0 Å². The number of nitrogens with zero attached hydrogens (tertiary/aromatic N) is 1. The molecule has 3 unspecified atom stereocenters. The van der Waals surface area contributed by atoms with E-state index in [1.807, 2.05) is 13.8 Å². The predicted octanol–water partition coefficient (Wildman–Crippen LogP) is 1.79. The predicted molar refractivity (Wildman–Crippen MR) is 65.4 cm³/mol. The highest BCUT2D eigenvalue weighted by Crippen LogP contribution is 2.34. The molecule has 0 aromatic heterocycles. The van der Waals surface area contributed by atoms with Gasteiger partial charge in [-0.05, 0) is 26.3 Å². The molecule has 17 heavy (non-hydrogen) atoms. The van der Waals surface area contributed by atoms with E-state index in [0.29, 0.717) is 12.1 Å². The fraction of sp³-hybridized carbons (Fsp3) is 0.538. The minimum absolute atomic E-state index is 0.0444. The number of ketones is 2. The quantitative estimate of drug-likeness (QED) is 0.748. The van der Waals surface area contributed by atoms with E-state index in [0.717, 1.165) is 5.71 Å². The van der Waals surface area contributed by atoms with Crippen LogP contribution in [0.4, 0.5) is 0 Å². The van der Waals surface area contributed by atoms with Gasteiger partial charge >= 0.3 is 0 Å². The van der Waals surface area contributed by atoms with Crippen molar-refractivity contribution in [2.24, 2.45) is 22.7 Å². The molecule has 90 valence electrons. The first-order valence-corrected chi connectivity index (χ1v) is 5.81. The molecular formula is C13H16N2O2. The molecule has 1 aliphatic carbocycles. The summed E-state index contributed by atoms with van der Waals surface area (Å²) in [5, 5.41) is 7.80. The number of Topliss-reactive ketones (excluding diaryl/α,β-unsaturated/α-hetero) is 2. The van der Waals surface area contributed by atoms with Crippen LogP contribution in [-0.2, 0) is 9.59 Å². The zero-order valence-corrected chi connectivity index (χ0v) is 10.3. The van der Waals surface area contributed by atoms with Gasteiger partial charge in [-0.15, -0.1) is 0 Å². The minimum atomic E-state index is -0.437. The smallest absolute Gasteiger partial charge is 0.150 e. The van der Waals surface area contributed by atoms with E-state index in [-0.39, 0.29) is 29.1 Å². The van der Waals surface area contributed by atoms with Crippen LogP contribution in [0.25, 0.3) is 0 Å². The molecule has 0 fully saturated rings. The molecule has 1 N–H and O–H groups in total. The number of fused-ring (bicyclic) bond motifs is 1. The Morgan fingerprint density at radius 3 is 2.76 bits per heavy atom. The van der Waals surface area contributed by atoms with E-state index in [9.17, 15) is 9.59 Å². The van der Waals surface area contributed by atoms with Crippen molar-refractivity contribution in [2.75, 3.05) is 0 Å². The van der Waals surface area contributed by atoms with Gasteiger partial charge in [0.1, 0.15) is 11.6 Å². The monoisotopic (exact) mass is 232 g/mol. The van der Waals surface area contributed by atoms with E-state index < -0.39 is 5.92 Å². The normalized spacial score (nSPS) is 32.8. The minimum Gasteiger partial charge on any atom is -0.304 e. The Bertz CT molecular complexity index is 474. The molecule has 2 rings (SSSR count). The lowest BCUT2D eigenvalue weighted by atomic mass is 9.74. The van der Waals surface area contributed by atoms with Crippen molar-refractivity contribution in [3.63, 3.8) is 0 Å². The first-order valence-electron chi connectivity index (χ1n) is 5.81. The van der Waals surface area contributed by atoms with E-state index in [4.69, 9.17) is 5.41 Å². The molecule has 0 spiro atoms. The highest BCUT2D eigenvalue weighted by Gasteiger charge is 2.39. The van der Waals surface area contributed by atoms with Crippen molar-refractivity contribution < 1.29 is 9.59 Å². The largest absolute Gasteiger partial charge is 0.304 e. The van der Waals surface area contributed by atoms with Crippen LogP contribution in [0, 0.1) is 23.2 Å². The molecule has 0 saturated heterocycles. The van der Waals surface area contributed by atoms with Crippen molar-refractivity contribution in [1.82, 2.24) is 0 Å². The van der Waals surface area contributed by atoms with Gasteiger partial charge in [0.15, 0.2) is 0 Å². The molecule has 0 aromatic rings. The van der Waals surface area contributed by atoms with E-state index in [1.54, 1.807) is 6.08 Å². The van der Waals surface area contributed by atoms with Gasteiger partial charge in [-0.1, -0.05) is 6.92 Å². The van der Waals surface area contributed by atoms with Crippen molar-refractivity contribution in [3.05, 3.63) is 11.8 Å². The van der Waals surface area contributed by atoms with Crippen molar-refractivity contribution in [1.29, 1.82) is 5.41 Å². The molecule has 0 bridgehead atoms. The van der Waals surface area contributed by atoms with Gasteiger partial charge in [-0.2, -0.15) is 0 Å². The summed E-state index contributed by atoms with van der Waals surface area (Å²) in [6.45, 7) is 5.16. The summed E-state index contributed by atoms with van der Waals surface area (Å²) in [6, 6.07) is 0. The van der Waals surface area contributed by atoms with Crippen LogP contribution in [0.3, 0.4) is 0 Å². The summed E-state index contributed by atoms with van der Waals surface area (Å²) in [5.74, 6) is -0.818. The summed E-state index contributed by atoms with van der Waals surface area (Å²) in [4.78, 5) is 27.9. The molecule has 4 nitrogen and oxygen atoms in total. The van der Waals surface area contributed by atoms with Crippen molar-refractivity contribution in [2.45, 2.75) is 27.2 Å². The number of carbonyl (C=O) groups excluding carboxylic acids is 2. The van der Waals surface area contributed by atoms with Gasteiger partial charge in [-0.3, -0.25) is 14.6 Å². The fourth-order valence-corrected chi connectivity index (χ4v) is 2.41. The average Bonchev–Trinajstić information content (AvgIpc) is 2.25. The van der Waals surface area contributed by atoms with Crippen LogP contribution in [0.15, 0.2) is 16.8 Å². The lowest BCUT2D eigenvalue weighted by Crippen LogP contribution is -2.38. The van der Waals surface area contributed by atoms with Crippen LogP contribution < -0.4 is 0 Å². The second-order valence-corrected chi connectivity index (χ2v) is 4.85. The third kappa shape index (κ3) is 1.88. The van der Waals surface area contributed by atoms with E-state index in [2.05, 4.69) is 4.99 Å². The lowest BCUT2D eigenvalue weighted by molar-refractivity contribution is -0.124. The maximum atomic E-state index is 12.1. The Morgan fingerprint density at radius 1 is 1.53 bits per heavy atom. The molecule has 0 aromatic carbocycles. The summed E-state index contributed by atoms with van der Waals surface area (Å²) >= 11 is 0. The molecule has 2 aliphatic rings. The number of aliphatic imine (C=N–C) groups is 1. The van der Waals surface area contributed by atoms with Gasteiger partial charge in [0.25, 0.3) is 0 Å². The molecule has 3 atom stereocenters. The first kappa shape index (κ1) is 11.9. The molecule has 0 radical (unpaired) electrons. The van der Waals surface area contributed by atoms with Gasteiger partial charge in [0.2, 0.25) is 0 Å². The SMILES string of the molecule is CC(=O)C1CC2C(=O)C(C)C(C)=NC2=CC1=N. The third-order valence-corrected chi connectivity index (χ3v) is 3.70. The zero-order chi connectivity index (χ0) is 12.7. The second kappa shape index (κ2) is 4.02. The van der Waals surface area contributed by atoms with Gasteiger partial charge in [0.05, 0.1) is 23.5 Å². The highest BCUT2D eigenvalue weighted by molar-refractivity contribution is 6.14. The second-order valence-electron chi connectivity index (χ2n) is 4.85. The maximum absolute atomic E-state index is 12.1. The standard InChI is InChI=1S/C13H16N2O2/c1-6-7(2)15-12-5-11(14)9(8(3)16)4-10(12)13(6)17/h5-6,9-10,14H,4H2,1-3H3. The van der Waals surface area contributed by atoms with Crippen molar-refractivity contribution >= 4 is 23.0 Å². The van der Waals surface area contributed by atoms with Crippen molar-refractivity contribution in [3.8, 4) is 0 Å². The average molecular weight is 232 g/mol. The van der Waals surface area contributed by atoms with Gasteiger partial charge in [0, 0.05) is 11.4 Å². The molecule has 4 heteroatoms. The summed E-state index contributed by atoms with van der Waals surface area (Å²) in [7, 11) is 0. The number of nitrogens with one attached hydrogen (secondary N) is 1. The number of allylic oxidation sites excluding steroid dienone is 2. The maximum Gasteiger partial charge on any atom is 0.150 e. The van der Waals surface area contributed by atoms with Crippen LogP contribution in [0.2, 0.25) is 0 Å². The first-order chi connectivity index (χ1) is 7.91. The Kier molecular flexibility index (Phi) is 2.81. The summed E-state index contributed by atoms with van der Waals surface area (Å²) in [5.41, 5.74) is 1.74. The molecule has 0 saturated carbocycles. The van der Waals surface area contributed by atoms with Gasteiger partial charge < -0.3 is 5.41 Å². The number of hydrogen-bond donors (Lipinski definition) is 1. The topological polar surface area (TPSA) is 70.3 Å². The third-order valence-electron chi connectivity index (χ3n) is 3.70. The lowest BCUT2D eigenvalue weighted by Gasteiger charge is -2.31. The Morgan fingerprint density at radius 2 is 2.18 bits per heavy atom.